The molecule has 14 heteroatoms. The van der Waals surface area contributed by atoms with Crippen LogP contribution in [-0.4, -0.2) is 34.9 Å². The summed E-state index contributed by atoms with van der Waals surface area (Å²) in [6, 6.07) is 11.4. The van der Waals surface area contributed by atoms with E-state index in [-0.39, 0.29) is 63.8 Å². The molecule has 3 aromatic carbocycles. The van der Waals surface area contributed by atoms with Gasteiger partial charge in [0.15, 0.2) is 21.4 Å². The number of hydrogen-bond donors (Lipinski definition) is 2. The predicted octanol–water partition coefficient (Wildman–Crippen LogP) is 8.30. The first-order valence-electron chi connectivity index (χ1n) is 13.5. The zero-order chi connectivity index (χ0) is 32.1. The summed E-state index contributed by atoms with van der Waals surface area (Å²) in [5.41, 5.74) is 10.2. The van der Waals surface area contributed by atoms with Gasteiger partial charge in [0.1, 0.15) is 23.2 Å². The molecular formula is C31H24BrF3N6O3S. The van der Waals surface area contributed by atoms with Crippen molar-refractivity contribution in [1.29, 1.82) is 0 Å². The quantitative estimate of drug-likeness (QED) is 0.0587. The normalized spacial score (nSPS) is 12.1. The van der Waals surface area contributed by atoms with E-state index in [9.17, 15) is 8.42 Å². The van der Waals surface area contributed by atoms with Gasteiger partial charge in [0, 0.05) is 57.9 Å². The summed E-state index contributed by atoms with van der Waals surface area (Å²) < 4.78 is 76.8. The number of nitrogens with one attached hydrogen (secondary N) is 2. The highest BCUT2D eigenvalue weighted by molar-refractivity contribution is 9.10. The van der Waals surface area contributed by atoms with E-state index in [1.54, 1.807) is 18.3 Å². The number of hydrogen-bond acceptors (Lipinski definition) is 5. The van der Waals surface area contributed by atoms with Crippen LogP contribution in [0.1, 0.15) is 35.6 Å². The molecule has 0 aliphatic rings. The van der Waals surface area contributed by atoms with Gasteiger partial charge < -0.3 is 14.7 Å². The van der Waals surface area contributed by atoms with Crippen LogP contribution in [0.5, 0.6) is 11.5 Å². The fraction of sp³-hybridized carbons (Fsp3) is 0.194. The molecule has 0 amide bonds. The fourth-order valence-corrected chi connectivity index (χ4v) is 6.60. The Kier molecular flexibility index (Phi) is 9.53. The fourth-order valence-electron chi connectivity index (χ4n) is 4.99. The first kappa shape index (κ1) is 31.7. The number of imidazole rings is 1. The zero-order valence-corrected chi connectivity index (χ0v) is 25.8. The number of terminal acetylenes is 1. The molecule has 0 saturated heterocycles. The Hall–Kier alpha value is -4.70. The molecule has 5 aromatic rings. The Morgan fingerprint density at radius 3 is 2.73 bits per heavy atom. The highest BCUT2D eigenvalue weighted by Gasteiger charge is 2.25. The van der Waals surface area contributed by atoms with E-state index in [4.69, 9.17) is 16.7 Å². The summed E-state index contributed by atoms with van der Waals surface area (Å²) in [6.45, 7) is -0.195. The Morgan fingerprint density at radius 2 is 1.96 bits per heavy atom. The molecule has 0 spiro atoms. The minimum Gasteiger partial charge on any atom is -0.454 e. The van der Waals surface area contributed by atoms with Crippen molar-refractivity contribution in [3.8, 4) is 35.2 Å². The van der Waals surface area contributed by atoms with E-state index in [2.05, 4.69) is 46.8 Å². The topological polar surface area (TPSA) is 137 Å². The second-order valence-electron chi connectivity index (χ2n) is 10.0. The third-order valence-electron chi connectivity index (χ3n) is 7.17. The number of azide groups is 1. The largest absolute Gasteiger partial charge is 0.454 e. The minimum absolute atomic E-state index is 0.00239. The van der Waals surface area contributed by atoms with Crippen molar-refractivity contribution < 1.29 is 26.3 Å². The second-order valence-corrected chi connectivity index (χ2v) is 13.2. The monoisotopic (exact) mass is 696 g/mol. The maximum Gasteiger partial charge on any atom is 0.168 e. The van der Waals surface area contributed by atoms with Crippen molar-refractivity contribution >= 4 is 36.7 Å². The smallest absolute Gasteiger partial charge is 0.168 e. The molecule has 2 N–H and O–H groups in total. The van der Waals surface area contributed by atoms with Gasteiger partial charge in [-0.2, -0.15) is 0 Å². The molecule has 1 atom stereocenters. The van der Waals surface area contributed by atoms with Gasteiger partial charge >= 0.3 is 0 Å². The molecule has 1 unspecified atom stereocenters. The van der Waals surface area contributed by atoms with E-state index < -0.39 is 33.2 Å². The Morgan fingerprint density at radius 1 is 1.13 bits per heavy atom. The first-order valence-corrected chi connectivity index (χ1v) is 16.1. The maximum atomic E-state index is 15.2. The zero-order valence-electron chi connectivity index (χ0n) is 23.4. The Bertz CT molecular complexity index is 2080. The molecule has 230 valence electrons. The van der Waals surface area contributed by atoms with Crippen LogP contribution in [0.3, 0.4) is 0 Å². The van der Waals surface area contributed by atoms with Gasteiger partial charge in [0.2, 0.25) is 0 Å². The SMILES string of the molecule is C#CCCS(=O)(=O)CCC(c1cnc(-c2cc(Oc3c(F)cc4[nH]ccc4c3CN=[N+]=[N-])ccc2F)[nH]1)c1cccc(Br)c1F. The van der Waals surface area contributed by atoms with Gasteiger partial charge in [-0.1, -0.05) is 17.2 Å². The molecule has 0 aliphatic heterocycles. The van der Waals surface area contributed by atoms with Gasteiger partial charge in [0.05, 0.1) is 28.1 Å². The van der Waals surface area contributed by atoms with Crippen LogP contribution >= 0.6 is 15.9 Å². The van der Waals surface area contributed by atoms with Crippen LogP contribution in [0, 0.1) is 29.8 Å². The molecule has 2 aromatic heterocycles. The molecule has 5 rings (SSSR count). The van der Waals surface area contributed by atoms with Gasteiger partial charge in [-0.3, -0.25) is 0 Å². The summed E-state index contributed by atoms with van der Waals surface area (Å²) in [6.07, 6.45) is 8.28. The summed E-state index contributed by atoms with van der Waals surface area (Å²) in [5.74, 6) is -0.991. The maximum absolute atomic E-state index is 15.2. The average molecular weight is 698 g/mol. The molecule has 45 heavy (non-hydrogen) atoms. The van der Waals surface area contributed by atoms with Crippen molar-refractivity contribution in [3.63, 3.8) is 0 Å². The lowest BCUT2D eigenvalue weighted by molar-refractivity contribution is 0.437. The Labute approximate surface area is 264 Å². The lowest BCUT2D eigenvalue weighted by Crippen LogP contribution is -2.15. The van der Waals surface area contributed by atoms with Crippen molar-refractivity contribution in [2.45, 2.75) is 25.3 Å². The third-order valence-corrected chi connectivity index (χ3v) is 9.47. The van der Waals surface area contributed by atoms with Crippen LogP contribution in [0.25, 0.3) is 32.7 Å². The van der Waals surface area contributed by atoms with Crippen LogP contribution < -0.4 is 4.74 Å². The number of benzene rings is 3. The number of nitrogens with zero attached hydrogens (tertiary/aromatic N) is 4. The van der Waals surface area contributed by atoms with Crippen molar-refractivity contribution in [1.82, 2.24) is 15.0 Å². The van der Waals surface area contributed by atoms with Crippen molar-refractivity contribution in [2.24, 2.45) is 5.11 Å². The van der Waals surface area contributed by atoms with Gasteiger partial charge in [-0.05, 0) is 63.8 Å². The third kappa shape index (κ3) is 7.01. The number of ether oxygens (including phenoxy) is 1. The molecule has 0 aliphatic carbocycles. The van der Waals surface area contributed by atoms with E-state index >= 15 is 13.2 Å². The molecule has 0 fully saturated rings. The highest BCUT2D eigenvalue weighted by atomic mass is 79.9. The van der Waals surface area contributed by atoms with Crippen LogP contribution in [-0.2, 0) is 16.4 Å². The number of aromatic nitrogens is 3. The molecule has 2 heterocycles. The van der Waals surface area contributed by atoms with Crippen LogP contribution in [0.4, 0.5) is 13.2 Å². The molecule has 0 radical (unpaired) electrons. The lowest BCUT2D eigenvalue weighted by atomic mass is 9.93. The van der Waals surface area contributed by atoms with Gasteiger partial charge in [0.25, 0.3) is 0 Å². The number of aromatic amines is 2. The van der Waals surface area contributed by atoms with Crippen LogP contribution in [0.15, 0.2) is 70.5 Å². The summed E-state index contributed by atoms with van der Waals surface area (Å²) >= 11 is 3.18. The number of fused-ring (bicyclic) bond motifs is 1. The van der Waals surface area contributed by atoms with E-state index in [0.29, 0.717) is 22.2 Å². The summed E-state index contributed by atoms with van der Waals surface area (Å²) in [5, 5.41) is 4.15. The molecular weight excluding hydrogens is 673 g/mol. The first-order chi connectivity index (χ1) is 21.6. The summed E-state index contributed by atoms with van der Waals surface area (Å²) in [4.78, 5) is 13.0. The van der Waals surface area contributed by atoms with Gasteiger partial charge in [-0.25, -0.2) is 26.6 Å². The lowest BCUT2D eigenvalue weighted by Gasteiger charge is -2.17. The van der Waals surface area contributed by atoms with E-state index in [1.165, 1.54) is 36.5 Å². The molecule has 0 saturated carbocycles. The second kappa shape index (κ2) is 13.5. The standard InChI is InChI=1S/C31H24BrF3N6O3S/c1-2-3-12-45(42,43)13-10-20(21-5-4-6-24(32)29(21)35)28-17-38-31(40-28)22-14-18(7-8-25(22)33)44-30-23(16-39-41-36)19-9-11-37-27(19)15-26(30)34/h1,4-9,11,14-15,17,20,37H,3,10,12-13,16H2,(H,38,40). The Balaban J connectivity index is 1.50. The van der Waals surface area contributed by atoms with Crippen molar-refractivity contribution in [3.05, 3.63) is 110 Å². The van der Waals surface area contributed by atoms with E-state index in [0.717, 1.165) is 6.07 Å². The predicted molar refractivity (Wildman–Crippen MR) is 168 cm³/mol. The number of H-pyrrole nitrogens is 2. The number of sulfone groups is 1. The highest BCUT2D eigenvalue weighted by Crippen LogP contribution is 2.38. The number of rotatable bonds is 12. The van der Waals surface area contributed by atoms with Crippen LogP contribution in [0.2, 0.25) is 0 Å². The van der Waals surface area contributed by atoms with Gasteiger partial charge in [-0.15, -0.1) is 12.3 Å². The summed E-state index contributed by atoms with van der Waals surface area (Å²) in [7, 11) is -3.53. The molecule has 0 bridgehead atoms. The minimum atomic E-state index is -3.53. The number of halogens is 4. The van der Waals surface area contributed by atoms with Crippen molar-refractivity contribution in [2.75, 3.05) is 11.5 Å². The average Bonchev–Trinajstić information content (AvgIpc) is 3.69. The van der Waals surface area contributed by atoms with E-state index in [1.807, 2.05) is 0 Å². The molecule has 9 nitrogen and oxygen atoms in total.